The summed E-state index contributed by atoms with van der Waals surface area (Å²) >= 11 is 11.7. The van der Waals surface area contributed by atoms with Gasteiger partial charge < -0.3 is 10.2 Å². The summed E-state index contributed by atoms with van der Waals surface area (Å²) in [5, 5.41) is 3.54. The molecular weight excluding hydrogens is 287 g/mol. The fourth-order valence-electron chi connectivity index (χ4n) is 1.64. The maximum absolute atomic E-state index is 11.9. The number of carbonyl (C=O) groups excluding carboxylic acids is 2. The smallest absolute Gasteiger partial charge is 0.244 e. The molecule has 19 heavy (non-hydrogen) atoms. The van der Waals surface area contributed by atoms with Crippen molar-refractivity contribution in [3.05, 3.63) is 28.2 Å². The number of amides is 2. The third kappa shape index (κ3) is 5.09. The molecule has 0 aliphatic rings. The van der Waals surface area contributed by atoms with Crippen molar-refractivity contribution in [3.63, 3.8) is 0 Å². The van der Waals surface area contributed by atoms with E-state index >= 15 is 0 Å². The molecule has 0 atom stereocenters. The lowest BCUT2D eigenvalue weighted by Gasteiger charge is -2.24. The van der Waals surface area contributed by atoms with E-state index in [0.29, 0.717) is 15.7 Å². The predicted molar refractivity (Wildman–Crippen MR) is 77.6 cm³/mol. The molecule has 0 aliphatic carbocycles. The Kier molecular flexibility index (Phi) is 5.63. The minimum atomic E-state index is -0.290. The molecule has 0 aromatic heterocycles. The van der Waals surface area contributed by atoms with Crippen molar-refractivity contribution in [2.75, 3.05) is 11.9 Å². The fraction of sp³-hybridized carbons (Fsp3) is 0.385. The molecule has 0 saturated carbocycles. The largest absolute Gasteiger partial charge is 0.331 e. The Morgan fingerprint density at radius 1 is 1.21 bits per heavy atom. The van der Waals surface area contributed by atoms with E-state index in [4.69, 9.17) is 23.2 Å². The van der Waals surface area contributed by atoms with Crippen LogP contribution in [-0.4, -0.2) is 29.3 Å². The van der Waals surface area contributed by atoms with Crippen molar-refractivity contribution in [2.24, 2.45) is 0 Å². The van der Waals surface area contributed by atoms with Gasteiger partial charge in [-0.05, 0) is 32.0 Å². The molecule has 1 aromatic rings. The summed E-state index contributed by atoms with van der Waals surface area (Å²) in [4.78, 5) is 24.7. The Labute approximate surface area is 122 Å². The van der Waals surface area contributed by atoms with Crippen LogP contribution in [0.2, 0.25) is 10.0 Å². The van der Waals surface area contributed by atoms with Crippen molar-refractivity contribution in [1.29, 1.82) is 0 Å². The number of hydrogen-bond acceptors (Lipinski definition) is 2. The van der Waals surface area contributed by atoms with Gasteiger partial charge in [-0.1, -0.05) is 23.2 Å². The van der Waals surface area contributed by atoms with Crippen LogP contribution < -0.4 is 5.32 Å². The first-order valence-corrected chi connectivity index (χ1v) is 6.58. The second kappa shape index (κ2) is 6.78. The van der Waals surface area contributed by atoms with E-state index in [1.165, 1.54) is 11.8 Å². The SMILES string of the molecule is CC(=O)N(CC(=O)Nc1cc(Cl)cc(Cl)c1)C(C)C. The number of anilines is 1. The zero-order chi connectivity index (χ0) is 14.6. The Morgan fingerprint density at radius 2 is 1.74 bits per heavy atom. The van der Waals surface area contributed by atoms with Crippen LogP contribution in [0.4, 0.5) is 5.69 Å². The Bertz CT molecular complexity index is 469. The van der Waals surface area contributed by atoms with Crippen molar-refractivity contribution in [1.82, 2.24) is 4.90 Å². The lowest BCUT2D eigenvalue weighted by Crippen LogP contribution is -2.41. The summed E-state index contributed by atoms with van der Waals surface area (Å²) in [6, 6.07) is 4.73. The first kappa shape index (κ1) is 15.8. The Hall–Kier alpha value is -1.26. The van der Waals surface area contributed by atoms with Crippen LogP contribution in [0.25, 0.3) is 0 Å². The quantitative estimate of drug-likeness (QED) is 0.928. The number of rotatable bonds is 4. The third-order valence-corrected chi connectivity index (χ3v) is 2.92. The van der Waals surface area contributed by atoms with Crippen molar-refractivity contribution >= 4 is 40.7 Å². The van der Waals surface area contributed by atoms with Crippen molar-refractivity contribution in [3.8, 4) is 0 Å². The summed E-state index contributed by atoms with van der Waals surface area (Å²) < 4.78 is 0. The molecule has 4 nitrogen and oxygen atoms in total. The van der Waals surface area contributed by atoms with E-state index in [-0.39, 0.29) is 24.4 Å². The van der Waals surface area contributed by atoms with E-state index in [1.807, 2.05) is 13.8 Å². The van der Waals surface area contributed by atoms with Gasteiger partial charge in [0.1, 0.15) is 6.54 Å². The van der Waals surface area contributed by atoms with Crippen LogP contribution in [0.3, 0.4) is 0 Å². The lowest BCUT2D eigenvalue weighted by molar-refractivity contribution is -0.134. The third-order valence-electron chi connectivity index (χ3n) is 2.49. The Balaban J connectivity index is 2.71. The molecule has 1 aromatic carbocycles. The highest BCUT2D eigenvalue weighted by atomic mass is 35.5. The highest BCUT2D eigenvalue weighted by molar-refractivity contribution is 6.35. The number of nitrogens with one attached hydrogen (secondary N) is 1. The highest BCUT2D eigenvalue weighted by Crippen LogP contribution is 2.22. The van der Waals surface area contributed by atoms with Gasteiger partial charge in [0, 0.05) is 28.7 Å². The van der Waals surface area contributed by atoms with E-state index in [0.717, 1.165) is 0 Å². The molecule has 2 amide bonds. The minimum absolute atomic E-state index is 0.00284. The summed E-state index contributed by atoms with van der Waals surface area (Å²) in [5.41, 5.74) is 0.509. The maximum Gasteiger partial charge on any atom is 0.244 e. The van der Waals surface area contributed by atoms with Crippen LogP contribution in [0.5, 0.6) is 0 Å². The summed E-state index contributed by atoms with van der Waals surface area (Å²) in [7, 11) is 0. The molecule has 0 aliphatic heterocycles. The molecule has 0 fully saturated rings. The second-order valence-corrected chi connectivity index (χ2v) is 5.32. The summed E-state index contributed by atoms with van der Waals surface area (Å²) in [6.45, 7) is 5.14. The van der Waals surface area contributed by atoms with Gasteiger partial charge in [-0.15, -0.1) is 0 Å². The van der Waals surface area contributed by atoms with Gasteiger partial charge in [-0.25, -0.2) is 0 Å². The van der Waals surface area contributed by atoms with Gasteiger partial charge in [0.25, 0.3) is 0 Å². The number of benzene rings is 1. The molecule has 0 unspecified atom stereocenters. The Morgan fingerprint density at radius 3 is 2.16 bits per heavy atom. The zero-order valence-electron chi connectivity index (χ0n) is 11.0. The van der Waals surface area contributed by atoms with Crippen LogP contribution >= 0.6 is 23.2 Å². The molecule has 0 heterocycles. The zero-order valence-corrected chi connectivity index (χ0v) is 12.5. The molecule has 104 valence electrons. The lowest BCUT2D eigenvalue weighted by atomic mass is 10.3. The van der Waals surface area contributed by atoms with E-state index < -0.39 is 0 Å². The highest BCUT2D eigenvalue weighted by Gasteiger charge is 2.16. The molecule has 0 spiro atoms. The van der Waals surface area contributed by atoms with Gasteiger partial charge in [0.05, 0.1) is 0 Å². The number of nitrogens with zero attached hydrogens (tertiary/aromatic N) is 1. The topological polar surface area (TPSA) is 49.4 Å². The van der Waals surface area contributed by atoms with Gasteiger partial charge in [-0.2, -0.15) is 0 Å². The van der Waals surface area contributed by atoms with Crippen molar-refractivity contribution in [2.45, 2.75) is 26.8 Å². The van der Waals surface area contributed by atoms with Gasteiger partial charge in [0.15, 0.2) is 0 Å². The number of carbonyl (C=O) groups is 2. The molecule has 6 heteroatoms. The fourth-order valence-corrected chi connectivity index (χ4v) is 2.16. The van der Waals surface area contributed by atoms with Gasteiger partial charge in [0.2, 0.25) is 11.8 Å². The summed E-state index contributed by atoms with van der Waals surface area (Å²) in [5.74, 6) is -0.434. The summed E-state index contributed by atoms with van der Waals surface area (Å²) in [6.07, 6.45) is 0. The van der Waals surface area contributed by atoms with Gasteiger partial charge in [-0.3, -0.25) is 9.59 Å². The number of halogens is 2. The van der Waals surface area contributed by atoms with Gasteiger partial charge >= 0.3 is 0 Å². The van der Waals surface area contributed by atoms with E-state index in [9.17, 15) is 9.59 Å². The molecule has 1 rings (SSSR count). The molecular formula is C13H16Cl2N2O2. The average molecular weight is 303 g/mol. The molecule has 0 radical (unpaired) electrons. The molecule has 0 saturated heterocycles. The first-order valence-electron chi connectivity index (χ1n) is 5.82. The van der Waals surface area contributed by atoms with E-state index in [2.05, 4.69) is 5.32 Å². The standard InChI is InChI=1S/C13H16Cl2N2O2/c1-8(2)17(9(3)18)7-13(19)16-12-5-10(14)4-11(15)6-12/h4-6,8H,7H2,1-3H3,(H,16,19). The first-order chi connectivity index (χ1) is 8.79. The monoisotopic (exact) mass is 302 g/mol. The van der Waals surface area contributed by atoms with Crippen LogP contribution in [0.15, 0.2) is 18.2 Å². The van der Waals surface area contributed by atoms with Crippen LogP contribution in [0, 0.1) is 0 Å². The average Bonchev–Trinajstić information content (AvgIpc) is 2.23. The minimum Gasteiger partial charge on any atom is -0.331 e. The second-order valence-electron chi connectivity index (χ2n) is 4.45. The van der Waals surface area contributed by atoms with Crippen molar-refractivity contribution < 1.29 is 9.59 Å². The molecule has 1 N–H and O–H groups in total. The van der Waals surface area contributed by atoms with E-state index in [1.54, 1.807) is 18.2 Å². The maximum atomic E-state index is 11.9. The normalized spacial score (nSPS) is 10.4. The van der Waals surface area contributed by atoms with Crippen LogP contribution in [0.1, 0.15) is 20.8 Å². The predicted octanol–water partition coefficient (Wildman–Crippen LogP) is 3.19. The molecule has 0 bridgehead atoms. The van der Waals surface area contributed by atoms with Crippen LogP contribution in [-0.2, 0) is 9.59 Å². The number of hydrogen-bond donors (Lipinski definition) is 1.